The average molecular weight is 291 g/mol. The van der Waals surface area contributed by atoms with Gasteiger partial charge in [0.2, 0.25) is 5.88 Å². The minimum atomic E-state index is -0.0829. The molecule has 21 heavy (non-hydrogen) atoms. The molecular weight excluding hydrogens is 266 g/mol. The van der Waals surface area contributed by atoms with Gasteiger partial charge in [-0.05, 0) is 44.9 Å². The van der Waals surface area contributed by atoms with E-state index in [1.165, 1.54) is 6.42 Å². The van der Waals surface area contributed by atoms with Crippen molar-refractivity contribution >= 4 is 5.91 Å². The fraction of sp³-hybridized carbons (Fsp3) is 0.625. The van der Waals surface area contributed by atoms with Crippen LogP contribution in [0.15, 0.2) is 18.3 Å². The highest BCUT2D eigenvalue weighted by Gasteiger charge is 2.22. The Kier molecular flexibility index (Phi) is 5.99. The summed E-state index contributed by atoms with van der Waals surface area (Å²) in [6.45, 7) is 7.87. The van der Waals surface area contributed by atoms with Crippen molar-refractivity contribution in [1.29, 1.82) is 0 Å². The largest absolute Gasteiger partial charge is 0.477 e. The highest BCUT2D eigenvalue weighted by Crippen LogP contribution is 2.16. The molecule has 0 saturated carbocycles. The first-order valence-electron chi connectivity index (χ1n) is 7.85. The number of amides is 1. The molecule has 2 rings (SSSR count). The van der Waals surface area contributed by atoms with E-state index in [1.807, 2.05) is 6.92 Å². The Morgan fingerprint density at radius 3 is 2.86 bits per heavy atom. The summed E-state index contributed by atoms with van der Waals surface area (Å²) in [4.78, 5) is 19.0. The van der Waals surface area contributed by atoms with Crippen LogP contribution in [0.3, 0.4) is 0 Å². The predicted molar refractivity (Wildman–Crippen MR) is 82.6 cm³/mol. The Bertz CT molecular complexity index is 457. The number of aromatic nitrogens is 1. The predicted octanol–water partition coefficient (Wildman–Crippen LogP) is 2.08. The van der Waals surface area contributed by atoms with Gasteiger partial charge in [-0.15, -0.1) is 0 Å². The van der Waals surface area contributed by atoms with Crippen molar-refractivity contribution in [3.8, 4) is 5.88 Å². The summed E-state index contributed by atoms with van der Waals surface area (Å²) in [5.74, 6) is 0.335. The van der Waals surface area contributed by atoms with Gasteiger partial charge in [0, 0.05) is 25.3 Å². The van der Waals surface area contributed by atoms with Crippen molar-refractivity contribution in [2.75, 3.05) is 26.2 Å². The lowest BCUT2D eigenvalue weighted by Gasteiger charge is -2.32. The highest BCUT2D eigenvalue weighted by molar-refractivity contribution is 5.96. The standard InChI is InChI=1S/C16H25N3O2/c1-3-10-19-11-7-13(8-12-19)18-15(20)14-6-5-9-17-16(14)21-4-2/h5-6,9,13H,3-4,7-8,10-12H2,1-2H3,(H,18,20). The summed E-state index contributed by atoms with van der Waals surface area (Å²) in [6.07, 6.45) is 4.85. The van der Waals surface area contributed by atoms with E-state index in [-0.39, 0.29) is 11.9 Å². The van der Waals surface area contributed by atoms with E-state index in [4.69, 9.17) is 4.74 Å². The van der Waals surface area contributed by atoms with E-state index < -0.39 is 0 Å². The van der Waals surface area contributed by atoms with Gasteiger partial charge in [0.25, 0.3) is 5.91 Å². The number of nitrogens with one attached hydrogen (secondary N) is 1. The van der Waals surface area contributed by atoms with Gasteiger partial charge in [-0.25, -0.2) is 4.98 Å². The number of ether oxygens (including phenoxy) is 1. The third-order valence-electron chi connectivity index (χ3n) is 3.76. The molecule has 1 amide bonds. The first kappa shape index (κ1) is 15.8. The molecule has 0 radical (unpaired) electrons. The summed E-state index contributed by atoms with van der Waals surface area (Å²) in [7, 11) is 0. The maximum atomic E-state index is 12.4. The molecule has 0 aliphatic carbocycles. The molecule has 116 valence electrons. The monoisotopic (exact) mass is 291 g/mol. The second kappa shape index (κ2) is 7.98. The van der Waals surface area contributed by atoms with Gasteiger partial charge >= 0.3 is 0 Å². The number of carbonyl (C=O) groups excluding carboxylic acids is 1. The molecule has 1 fully saturated rings. The van der Waals surface area contributed by atoms with Crippen LogP contribution in [0.5, 0.6) is 5.88 Å². The summed E-state index contributed by atoms with van der Waals surface area (Å²) >= 11 is 0. The summed E-state index contributed by atoms with van der Waals surface area (Å²) in [6, 6.07) is 3.78. The molecule has 0 aromatic carbocycles. The van der Waals surface area contributed by atoms with Crippen LogP contribution in [0.1, 0.15) is 43.5 Å². The Morgan fingerprint density at radius 1 is 1.43 bits per heavy atom. The maximum Gasteiger partial charge on any atom is 0.256 e. The molecule has 5 heteroatoms. The minimum Gasteiger partial charge on any atom is -0.477 e. The summed E-state index contributed by atoms with van der Waals surface area (Å²) < 4.78 is 5.42. The molecule has 1 aliphatic heterocycles. The SMILES string of the molecule is CCCN1CCC(NC(=O)c2cccnc2OCC)CC1. The Labute approximate surface area is 126 Å². The van der Waals surface area contributed by atoms with E-state index >= 15 is 0 Å². The Balaban J connectivity index is 1.90. The van der Waals surface area contributed by atoms with Gasteiger partial charge in [-0.3, -0.25) is 4.79 Å². The van der Waals surface area contributed by atoms with Crippen molar-refractivity contribution in [2.24, 2.45) is 0 Å². The van der Waals surface area contributed by atoms with Gasteiger partial charge < -0.3 is 15.0 Å². The van der Waals surface area contributed by atoms with E-state index in [2.05, 4.69) is 22.1 Å². The third kappa shape index (κ3) is 4.43. The second-order valence-corrected chi connectivity index (χ2v) is 5.38. The number of pyridine rings is 1. The fourth-order valence-electron chi connectivity index (χ4n) is 2.70. The smallest absolute Gasteiger partial charge is 0.256 e. The van der Waals surface area contributed by atoms with E-state index in [9.17, 15) is 4.79 Å². The van der Waals surface area contributed by atoms with Gasteiger partial charge in [0.15, 0.2) is 0 Å². The first-order chi connectivity index (χ1) is 10.2. The quantitative estimate of drug-likeness (QED) is 0.872. The molecule has 1 aromatic heterocycles. The van der Waals surface area contributed by atoms with Crippen molar-refractivity contribution in [3.05, 3.63) is 23.9 Å². The number of likely N-dealkylation sites (tertiary alicyclic amines) is 1. The average Bonchev–Trinajstić information content (AvgIpc) is 2.50. The summed E-state index contributed by atoms with van der Waals surface area (Å²) in [5, 5.41) is 3.11. The van der Waals surface area contributed by atoms with Gasteiger partial charge in [-0.1, -0.05) is 6.92 Å². The normalized spacial score (nSPS) is 16.7. The topological polar surface area (TPSA) is 54.5 Å². The van der Waals surface area contributed by atoms with Crippen LogP contribution in [0.4, 0.5) is 0 Å². The summed E-state index contributed by atoms with van der Waals surface area (Å²) in [5.41, 5.74) is 0.523. The molecule has 2 heterocycles. The number of nitrogens with zero attached hydrogens (tertiary/aromatic N) is 2. The van der Waals surface area contributed by atoms with Gasteiger partial charge in [0.05, 0.1) is 6.61 Å². The van der Waals surface area contributed by atoms with Crippen LogP contribution in [0, 0.1) is 0 Å². The van der Waals surface area contributed by atoms with Crippen LogP contribution >= 0.6 is 0 Å². The molecule has 1 aliphatic rings. The van der Waals surface area contributed by atoms with Crippen LogP contribution in [-0.2, 0) is 0 Å². The molecule has 0 bridgehead atoms. The third-order valence-corrected chi connectivity index (χ3v) is 3.76. The van der Waals surface area contributed by atoms with Crippen molar-refractivity contribution < 1.29 is 9.53 Å². The number of rotatable bonds is 6. The maximum absolute atomic E-state index is 12.4. The fourth-order valence-corrected chi connectivity index (χ4v) is 2.70. The zero-order valence-electron chi connectivity index (χ0n) is 13.0. The molecule has 0 spiro atoms. The molecule has 1 saturated heterocycles. The lowest BCUT2D eigenvalue weighted by Crippen LogP contribution is -2.44. The zero-order chi connectivity index (χ0) is 15.1. The molecule has 1 N–H and O–H groups in total. The van der Waals surface area contributed by atoms with Crippen molar-refractivity contribution in [1.82, 2.24) is 15.2 Å². The van der Waals surface area contributed by atoms with Crippen LogP contribution in [0.25, 0.3) is 0 Å². The number of hydrogen-bond acceptors (Lipinski definition) is 4. The number of hydrogen-bond donors (Lipinski definition) is 1. The molecule has 5 nitrogen and oxygen atoms in total. The Morgan fingerprint density at radius 2 is 2.19 bits per heavy atom. The molecular formula is C16H25N3O2. The number of carbonyl (C=O) groups is 1. The van der Waals surface area contributed by atoms with E-state index in [0.29, 0.717) is 18.1 Å². The van der Waals surface area contributed by atoms with E-state index in [0.717, 1.165) is 32.5 Å². The Hall–Kier alpha value is -1.62. The van der Waals surface area contributed by atoms with Crippen LogP contribution in [-0.4, -0.2) is 48.1 Å². The number of piperidine rings is 1. The van der Waals surface area contributed by atoms with E-state index in [1.54, 1.807) is 18.3 Å². The van der Waals surface area contributed by atoms with Crippen LogP contribution < -0.4 is 10.1 Å². The van der Waals surface area contributed by atoms with Crippen LogP contribution in [0.2, 0.25) is 0 Å². The lowest BCUT2D eigenvalue weighted by molar-refractivity contribution is 0.0906. The molecule has 0 atom stereocenters. The van der Waals surface area contributed by atoms with Gasteiger partial charge in [0.1, 0.15) is 5.56 Å². The van der Waals surface area contributed by atoms with Crippen molar-refractivity contribution in [2.45, 2.75) is 39.2 Å². The molecule has 1 aromatic rings. The van der Waals surface area contributed by atoms with Crippen molar-refractivity contribution in [3.63, 3.8) is 0 Å². The second-order valence-electron chi connectivity index (χ2n) is 5.38. The zero-order valence-corrected chi connectivity index (χ0v) is 13.0. The lowest BCUT2D eigenvalue weighted by atomic mass is 10.0. The minimum absolute atomic E-state index is 0.0829. The van der Waals surface area contributed by atoms with Gasteiger partial charge in [-0.2, -0.15) is 0 Å². The molecule has 0 unspecified atom stereocenters. The first-order valence-corrected chi connectivity index (χ1v) is 7.85. The highest BCUT2D eigenvalue weighted by atomic mass is 16.5.